The summed E-state index contributed by atoms with van der Waals surface area (Å²) < 4.78 is 5.84. The maximum Gasteiger partial charge on any atom is 0.335 e. The van der Waals surface area contributed by atoms with Crippen molar-refractivity contribution in [3.63, 3.8) is 0 Å². The number of carbonyl (C=O) groups excluding carboxylic acids is 1. The van der Waals surface area contributed by atoms with E-state index in [1.54, 1.807) is 43.3 Å². The number of hydrogen-bond acceptors (Lipinski definition) is 4. The second-order valence-electron chi connectivity index (χ2n) is 6.97. The topological polar surface area (TPSA) is 83.1 Å². The number of nitrogens with zero attached hydrogens (tertiary/aromatic N) is 2. The van der Waals surface area contributed by atoms with Gasteiger partial charge in [0, 0.05) is 5.56 Å². The molecule has 0 bridgehead atoms. The SMILES string of the molecule is CCc1ccc(N2N=C(C)/C(=C\c3ccc(-c4cccc(C(=O)O)c4)o3)C2=O)cc1. The molecule has 0 saturated heterocycles. The second kappa shape index (κ2) is 7.83. The average Bonchev–Trinajstić information content (AvgIpc) is 3.34. The Hall–Kier alpha value is -3.93. The molecule has 30 heavy (non-hydrogen) atoms. The summed E-state index contributed by atoms with van der Waals surface area (Å²) in [5.41, 5.74) is 3.80. The van der Waals surface area contributed by atoms with Gasteiger partial charge in [-0.2, -0.15) is 10.1 Å². The van der Waals surface area contributed by atoms with E-state index in [1.165, 1.54) is 16.6 Å². The lowest BCUT2D eigenvalue weighted by Crippen LogP contribution is -2.21. The van der Waals surface area contributed by atoms with Gasteiger partial charge in [0.15, 0.2) is 0 Å². The van der Waals surface area contributed by atoms with Crippen LogP contribution in [0.5, 0.6) is 0 Å². The first kappa shape index (κ1) is 19.4. The number of furan rings is 1. The Labute approximate surface area is 173 Å². The van der Waals surface area contributed by atoms with E-state index < -0.39 is 5.97 Å². The van der Waals surface area contributed by atoms with Crippen molar-refractivity contribution in [2.75, 3.05) is 5.01 Å². The van der Waals surface area contributed by atoms with Crippen LogP contribution in [0.4, 0.5) is 5.69 Å². The van der Waals surface area contributed by atoms with Gasteiger partial charge in [-0.3, -0.25) is 4.79 Å². The minimum absolute atomic E-state index is 0.183. The molecular formula is C24H20N2O4. The summed E-state index contributed by atoms with van der Waals surface area (Å²) in [5.74, 6) is -0.201. The molecule has 1 aliphatic rings. The third-order valence-corrected chi connectivity index (χ3v) is 4.96. The summed E-state index contributed by atoms with van der Waals surface area (Å²) in [7, 11) is 0. The van der Waals surface area contributed by atoms with Crippen LogP contribution in [0.25, 0.3) is 17.4 Å². The van der Waals surface area contributed by atoms with E-state index >= 15 is 0 Å². The molecule has 2 heterocycles. The fourth-order valence-corrected chi connectivity index (χ4v) is 3.27. The van der Waals surface area contributed by atoms with Gasteiger partial charge in [-0.1, -0.05) is 31.2 Å². The highest BCUT2D eigenvalue weighted by Gasteiger charge is 2.29. The van der Waals surface area contributed by atoms with Gasteiger partial charge in [0.2, 0.25) is 0 Å². The van der Waals surface area contributed by atoms with E-state index in [1.807, 2.05) is 24.3 Å². The minimum atomic E-state index is -0.999. The van der Waals surface area contributed by atoms with Crippen molar-refractivity contribution in [3.8, 4) is 11.3 Å². The van der Waals surface area contributed by atoms with E-state index in [4.69, 9.17) is 9.52 Å². The lowest BCUT2D eigenvalue weighted by atomic mass is 10.1. The molecule has 6 nitrogen and oxygen atoms in total. The normalized spacial score (nSPS) is 15.0. The number of hydrogen-bond donors (Lipinski definition) is 1. The Morgan fingerprint density at radius 2 is 1.90 bits per heavy atom. The van der Waals surface area contributed by atoms with E-state index in [-0.39, 0.29) is 11.5 Å². The number of anilines is 1. The van der Waals surface area contributed by atoms with Crippen LogP contribution < -0.4 is 5.01 Å². The molecular weight excluding hydrogens is 380 g/mol. The fourth-order valence-electron chi connectivity index (χ4n) is 3.27. The Morgan fingerprint density at radius 3 is 2.60 bits per heavy atom. The zero-order chi connectivity index (χ0) is 21.3. The molecule has 1 aromatic heterocycles. The molecule has 3 aromatic rings. The zero-order valence-corrected chi connectivity index (χ0v) is 16.6. The predicted octanol–water partition coefficient (Wildman–Crippen LogP) is 5.01. The number of hydrazone groups is 1. The lowest BCUT2D eigenvalue weighted by molar-refractivity contribution is -0.114. The number of carbonyl (C=O) groups is 2. The molecule has 0 spiro atoms. The van der Waals surface area contributed by atoms with Gasteiger partial charge in [0.05, 0.1) is 22.5 Å². The third kappa shape index (κ3) is 3.67. The van der Waals surface area contributed by atoms with Crippen LogP contribution in [0.3, 0.4) is 0 Å². The number of carboxylic acid groups (broad SMARTS) is 1. The highest BCUT2D eigenvalue weighted by Crippen LogP contribution is 2.28. The highest BCUT2D eigenvalue weighted by atomic mass is 16.4. The van der Waals surface area contributed by atoms with E-state index in [9.17, 15) is 9.59 Å². The van der Waals surface area contributed by atoms with Gasteiger partial charge in [-0.05, 0) is 61.4 Å². The Balaban J connectivity index is 1.60. The quantitative estimate of drug-likeness (QED) is 0.610. The number of aromatic carboxylic acids is 1. The van der Waals surface area contributed by atoms with Crippen LogP contribution in [0, 0.1) is 0 Å². The van der Waals surface area contributed by atoms with Crippen LogP contribution in [0.1, 0.15) is 35.5 Å². The third-order valence-electron chi connectivity index (χ3n) is 4.96. The van der Waals surface area contributed by atoms with Crippen molar-refractivity contribution in [3.05, 3.63) is 83.1 Å². The smallest absolute Gasteiger partial charge is 0.335 e. The molecule has 0 fully saturated rings. The summed E-state index contributed by atoms with van der Waals surface area (Å²) in [4.78, 5) is 24.1. The second-order valence-corrected chi connectivity index (χ2v) is 6.97. The van der Waals surface area contributed by atoms with Gasteiger partial charge >= 0.3 is 5.97 Å². The van der Waals surface area contributed by atoms with Crippen LogP contribution in [-0.2, 0) is 11.2 Å². The van der Waals surface area contributed by atoms with E-state index in [2.05, 4.69) is 12.0 Å². The molecule has 1 aliphatic heterocycles. The molecule has 0 atom stereocenters. The fraction of sp³-hybridized carbons (Fsp3) is 0.125. The average molecular weight is 400 g/mol. The van der Waals surface area contributed by atoms with Crippen molar-refractivity contribution in [2.45, 2.75) is 20.3 Å². The Morgan fingerprint density at radius 1 is 1.13 bits per heavy atom. The predicted molar refractivity (Wildman–Crippen MR) is 115 cm³/mol. The number of carboxylic acids is 1. The number of amides is 1. The molecule has 6 heteroatoms. The summed E-state index contributed by atoms with van der Waals surface area (Å²) >= 11 is 0. The maximum atomic E-state index is 12.9. The van der Waals surface area contributed by atoms with Crippen LogP contribution >= 0.6 is 0 Å². The van der Waals surface area contributed by atoms with Crippen LogP contribution in [0.15, 0.2) is 75.8 Å². The highest BCUT2D eigenvalue weighted by molar-refractivity contribution is 6.32. The van der Waals surface area contributed by atoms with Gasteiger partial charge in [-0.25, -0.2) is 4.79 Å². The Bertz CT molecular complexity index is 1190. The van der Waals surface area contributed by atoms with Gasteiger partial charge in [0.25, 0.3) is 5.91 Å². The van der Waals surface area contributed by atoms with Crippen molar-refractivity contribution in [1.82, 2.24) is 0 Å². The molecule has 0 unspecified atom stereocenters. The zero-order valence-electron chi connectivity index (χ0n) is 16.6. The molecule has 4 rings (SSSR count). The molecule has 0 saturated carbocycles. The molecule has 0 aliphatic carbocycles. The molecule has 0 radical (unpaired) electrons. The largest absolute Gasteiger partial charge is 0.478 e. The maximum absolute atomic E-state index is 12.9. The Kier molecular flexibility index (Phi) is 5.06. The van der Waals surface area contributed by atoms with Gasteiger partial charge in [-0.15, -0.1) is 0 Å². The first-order valence-electron chi connectivity index (χ1n) is 9.60. The molecule has 2 aromatic carbocycles. The summed E-state index contributed by atoms with van der Waals surface area (Å²) in [5, 5.41) is 14.9. The van der Waals surface area contributed by atoms with Crippen molar-refractivity contribution in [2.24, 2.45) is 5.10 Å². The van der Waals surface area contributed by atoms with Gasteiger partial charge in [0.1, 0.15) is 11.5 Å². The summed E-state index contributed by atoms with van der Waals surface area (Å²) in [6.07, 6.45) is 2.59. The molecule has 1 amide bonds. The monoisotopic (exact) mass is 400 g/mol. The first-order valence-corrected chi connectivity index (χ1v) is 9.60. The molecule has 1 N–H and O–H groups in total. The minimum Gasteiger partial charge on any atom is -0.478 e. The first-order chi connectivity index (χ1) is 14.5. The van der Waals surface area contributed by atoms with Crippen molar-refractivity contribution >= 4 is 29.4 Å². The number of benzene rings is 2. The van der Waals surface area contributed by atoms with E-state index in [0.29, 0.717) is 34.1 Å². The molecule has 150 valence electrons. The number of aryl methyl sites for hydroxylation is 1. The summed E-state index contributed by atoms with van der Waals surface area (Å²) in [6.45, 7) is 3.86. The lowest BCUT2D eigenvalue weighted by Gasteiger charge is -2.12. The number of rotatable bonds is 5. The van der Waals surface area contributed by atoms with E-state index in [0.717, 1.165) is 6.42 Å². The standard InChI is InChI=1S/C24H20N2O4/c1-3-16-7-9-19(10-8-16)26-23(27)21(15(2)25-26)14-20-11-12-22(30-20)17-5-4-6-18(13-17)24(28)29/h4-14H,3H2,1-2H3,(H,28,29)/b21-14+. The van der Waals surface area contributed by atoms with Gasteiger partial charge < -0.3 is 9.52 Å². The summed E-state index contributed by atoms with van der Waals surface area (Å²) in [6, 6.07) is 17.8. The van der Waals surface area contributed by atoms with Crippen molar-refractivity contribution in [1.29, 1.82) is 0 Å². The van der Waals surface area contributed by atoms with Crippen LogP contribution in [0.2, 0.25) is 0 Å². The van der Waals surface area contributed by atoms with Crippen LogP contribution in [-0.4, -0.2) is 22.7 Å². The van der Waals surface area contributed by atoms with Crippen molar-refractivity contribution < 1.29 is 19.1 Å².